The van der Waals surface area contributed by atoms with Gasteiger partial charge in [-0.3, -0.25) is 4.79 Å². The summed E-state index contributed by atoms with van der Waals surface area (Å²) in [5.41, 5.74) is 0.716. The van der Waals surface area contributed by atoms with Crippen molar-refractivity contribution < 1.29 is 4.79 Å². The minimum atomic E-state index is -0.0447. The maximum absolute atomic E-state index is 12.0. The summed E-state index contributed by atoms with van der Waals surface area (Å²) in [5.74, 6) is 1.53. The Bertz CT molecular complexity index is 696. The summed E-state index contributed by atoms with van der Waals surface area (Å²) >= 11 is 1.45. The number of rotatable bonds is 6. The summed E-state index contributed by atoms with van der Waals surface area (Å²) < 4.78 is 1.59. The Balaban J connectivity index is 1.44. The Hall–Kier alpha value is -2.20. The molecule has 1 aliphatic rings. The molecule has 1 amide bonds. The van der Waals surface area contributed by atoms with Gasteiger partial charge in [-0.25, -0.2) is 9.67 Å². The smallest absolute Gasteiger partial charge is 0.225 e. The predicted molar refractivity (Wildman–Crippen MR) is 96.7 cm³/mol. The molecular formula is C15H22N8OS. The van der Waals surface area contributed by atoms with E-state index in [9.17, 15) is 4.79 Å². The molecule has 0 radical (unpaired) electrons. The highest BCUT2D eigenvalue weighted by Gasteiger charge is 2.15. The largest absolute Gasteiger partial charge is 0.354 e. The number of carbonyl (C=O) groups excluding carboxylic acids is 1. The maximum Gasteiger partial charge on any atom is 0.225 e. The molecule has 3 heterocycles. The van der Waals surface area contributed by atoms with Gasteiger partial charge in [-0.1, -0.05) is 11.8 Å². The second kappa shape index (κ2) is 8.26. The van der Waals surface area contributed by atoms with Gasteiger partial charge in [0, 0.05) is 45.4 Å². The first-order valence-electron chi connectivity index (χ1n) is 8.16. The van der Waals surface area contributed by atoms with Crippen molar-refractivity contribution in [2.45, 2.75) is 11.6 Å². The number of carbonyl (C=O) groups is 1. The molecule has 1 N–H and O–H groups in total. The molecule has 0 aliphatic carbocycles. The molecule has 0 atom stereocenters. The molecule has 9 nitrogen and oxygen atoms in total. The van der Waals surface area contributed by atoms with Gasteiger partial charge in [0.2, 0.25) is 11.1 Å². The number of hydrogen-bond acceptors (Lipinski definition) is 8. The van der Waals surface area contributed by atoms with Gasteiger partial charge in [0.05, 0.1) is 11.9 Å². The van der Waals surface area contributed by atoms with Crippen LogP contribution in [-0.4, -0.2) is 75.0 Å². The lowest BCUT2D eigenvalue weighted by atomic mass is 10.3. The molecule has 10 heteroatoms. The number of anilines is 2. The van der Waals surface area contributed by atoms with Gasteiger partial charge in [-0.2, -0.15) is 0 Å². The van der Waals surface area contributed by atoms with Crippen molar-refractivity contribution in [3.05, 3.63) is 18.3 Å². The summed E-state index contributed by atoms with van der Waals surface area (Å²) in [7, 11) is 3.90. The minimum absolute atomic E-state index is 0.0447. The normalized spacial score (nSPS) is 15.4. The number of tetrazole rings is 1. The quantitative estimate of drug-likeness (QED) is 0.742. The molecule has 0 spiro atoms. The predicted octanol–water partition coefficient (Wildman–Crippen LogP) is 0.478. The number of thioether (sulfide) groups is 1. The van der Waals surface area contributed by atoms with Gasteiger partial charge in [0.15, 0.2) is 0 Å². The Kier molecular flexibility index (Phi) is 5.82. The van der Waals surface area contributed by atoms with Gasteiger partial charge in [-0.15, -0.1) is 5.10 Å². The third-order valence-corrected chi connectivity index (χ3v) is 5.01. The Labute approximate surface area is 150 Å². The zero-order valence-corrected chi connectivity index (χ0v) is 15.2. The number of hydrogen-bond donors (Lipinski definition) is 1. The van der Waals surface area contributed by atoms with E-state index in [0.717, 1.165) is 32.0 Å². The lowest BCUT2D eigenvalue weighted by Gasteiger charge is -2.33. The van der Waals surface area contributed by atoms with Crippen molar-refractivity contribution in [2.75, 3.05) is 49.2 Å². The summed E-state index contributed by atoms with van der Waals surface area (Å²) in [6, 6.07) is 3.86. The van der Waals surface area contributed by atoms with E-state index in [-0.39, 0.29) is 5.91 Å². The highest BCUT2D eigenvalue weighted by atomic mass is 32.2. The van der Waals surface area contributed by atoms with Crippen LogP contribution in [0.15, 0.2) is 23.5 Å². The van der Waals surface area contributed by atoms with Gasteiger partial charge in [-0.05, 0) is 29.6 Å². The molecule has 2 aromatic heterocycles. The van der Waals surface area contributed by atoms with Crippen LogP contribution < -0.4 is 10.2 Å². The lowest BCUT2D eigenvalue weighted by Crippen LogP contribution is -2.44. The zero-order chi connectivity index (χ0) is 17.6. The monoisotopic (exact) mass is 362 g/mol. The maximum atomic E-state index is 12.0. The van der Waals surface area contributed by atoms with Crippen molar-refractivity contribution in [3.8, 4) is 0 Å². The molecule has 1 saturated heterocycles. The Morgan fingerprint density at radius 1 is 1.24 bits per heavy atom. The number of likely N-dealkylation sites (N-methyl/N-ethyl adjacent to an activating group) is 1. The fourth-order valence-corrected chi connectivity index (χ4v) is 3.27. The van der Waals surface area contributed by atoms with Gasteiger partial charge in [0.1, 0.15) is 5.82 Å². The van der Waals surface area contributed by atoms with Crippen LogP contribution in [0, 0.1) is 0 Å². The first-order chi connectivity index (χ1) is 12.1. The van der Waals surface area contributed by atoms with Crippen molar-refractivity contribution in [1.29, 1.82) is 0 Å². The molecule has 1 fully saturated rings. The highest BCUT2D eigenvalue weighted by molar-refractivity contribution is 7.99. The average Bonchev–Trinajstić information content (AvgIpc) is 3.01. The highest BCUT2D eigenvalue weighted by Crippen LogP contribution is 2.17. The van der Waals surface area contributed by atoms with Gasteiger partial charge >= 0.3 is 0 Å². The molecule has 0 aromatic carbocycles. The van der Waals surface area contributed by atoms with Crippen LogP contribution in [0.1, 0.15) is 6.42 Å². The molecule has 1 aliphatic heterocycles. The molecular weight excluding hydrogens is 340 g/mol. The number of pyridine rings is 1. The topological polar surface area (TPSA) is 92.1 Å². The average molecular weight is 362 g/mol. The van der Waals surface area contributed by atoms with Gasteiger partial charge in [0.25, 0.3) is 0 Å². The van der Waals surface area contributed by atoms with Crippen LogP contribution in [0.2, 0.25) is 0 Å². The van der Waals surface area contributed by atoms with E-state index in [1.165, 1.54) is 11.8 Å². The van der Waals surface area contributed by atoms with Crippen LogP contribution in [-0.2, 0) is 11.8 Å². The second-order valence-electron chi connectivity index (χ2n) is 5.93. The van der Waals surface area contributed by atoms with E-state index in [0.29, 0.717) is 23.0 Å². The fraction of sp³-hybridized carbons (Fsp3) is 0.533. The third-order valence-electron chi connectivity index (χ3n) is 4.00. The molecule has 0 bridgehead atoms. The lowest BCUT2D eigenvalue weighted by molar-refractivity contribution is -0.115. The first-order valence-corrected chi connectivity index (χ1v) is 9.15. The summed E-state index contributed by atoms with van der Waals surface area (Å²) in [5, 5.41) is 14.8. The SMILES string of the molecule is CN1CCN(c2ccc(NC(=O)CCSc3nnnn3C)cn2)CC1. The zero-order valence-electron chi connectivity index (χ0n) is 14.4. The van der Waals surface area contributed by atoms with Crippen LogP contribution >= 0.6 is 11.8 Å². The standard InChI is InChI=1S/C15H22N8OS/c1-21-6-8-23(9-7-21)13-4-3-12(11-16-13)17-14(24)5-10-25-15-18-19-20-22(15)2/h3-4,11H,5-10H2,1-2H3,(H,17,24). The Morgan fingerprint density at radius 3 is 2.68 bits per heavy atom. The van der Waals surface area contributed by atoms with Crippen LogP contribution in [0.5, 0.6) is 0 Å². The molecule has 134 valence electrons. The number of piperazine rings is 1. The molecule has 2 aromatic rings. The fourth-order valence-electron chi connectivity index (χ4n) is 2.48. The van der Waals surface area contributed by atoms with E-state index in [1.807, 2.05) is 12.1 Å². The number of aromatic nitrogens is 5. The van der Waals surface area contributed by atoms with Crippen LogP contribution in [0.4, 0.5) is 11.5 Å². The van der Waals surface area contributed by atoms with E-state index in [1.54, 1.807) is 17.9 Å². The summed E-state index contributed by atoms with van der Waals surface area (Å²) in [6.45, 7) is 4.03. The van der Waals surface area contributed by atoms with Crippen molar-refractivity contribution in [3.63, 3.8) is 0 Å². The first kappa shape index (κ1) is 17.6. The van der Waals surface area contributed by atoms with Crippen molar-refractivity contribution >= 4 is 29.2 Å². The van der Waals surface area contributed by atoms with E-state index >= 15 is 0 Å². The van der Waals surface area contributed by atoms with Crippen LogP contribution in [0.25, 0.3) is 0 Å². The number of amides is 1. The molecule has 0 unspecified atom stereocenters. The third kappa shape index (κ3) is 4.89. The van der Waals surface area contributed by atoms with E-state index < -0.39 is 0 Å². The number of nitrogens with zero attached hydrogens (tertiary/aromatic N) is 7. The van der Waals surface area contributed by atoms with E-state index in [2.05, 4.69) is 42.7 Å². The molecule has 25 heavy (non-hydrogen) atoms. The Morgan fingerprint density at radius 2 is 2.04 bits per heavy atom. The second-order valence-corrected chi connectivity index (χ2v) is 6.99. The summed E-state index contributed by atoms with van der Waals surface area (Å²) in [6.07, 6.45) is 2.10. The minimum Gasteiger partial charge on any atom is -0.354 e. The van der Waals surface area contributed by atoms with E-state index in [4.69, 9.17) is 0 Å². The molecule has 0 saturated carbocycles. The number of aryl methyl sites for hydroxylation is 1. The summed E-state index contributed by atoms with van der Waals surface area (Å²) in [4.78, 5) is 21.1. The van der Waals surface area contributed by atoms with Gasteiger partial charge < -0.3 is 15.1 Å². The van der Waals surface area contributed by atoms with Crippen LogP contribution in [0.3, 0.4) is 0 Å². The molecule has 3 rings (SSSR count). The number of nitrogens with one attached hydrogen (secondary N) is 1. The van der Waals surface area contributed by atoms with Crippen molar-refractivity contribution in [2.24, 2.45) is 7.05 Å². The van der Waals surface area contributed by atoms with Crippen molar-refractivity contribution in [1.82, 2.24) is 30.1 Å².